The number of allylic oxidation sites excluding steroid dienone is 1. The Morgan fingerprint density at radius 1 is 0.523 bits per heavy atom. The maximum absolute atomic E-state index is 12.7. The van der Waals surface area contributed by atoms with E-state index in [1.807, 2.05) is 48.5 Å². The molecule has 0 N–H and O–H groups in total. The van der Waals surface area contributed by atoms with Crippen LogP contribution in [-0.2, 0) is 4.79 Å². The highest BCUT2D eigenvalue weighted by Gasteiger charge is 2.05. The van der Waals surface area contributed by atoms with Gasteiger partial charge in [-0.25, -0.2) is 4.79 Å². The molecule has 0 spiro atoms. The van der Waals surface area contributed by atoms with Crippen LogP contribution in [-0.4, -0.2) is 25.0 Å². The highest BCUT2D eigenvalue weighted by atomic mass is 16.5. The van der Waals surface area contributed by atoms with Crippen molar-refractivity contribution in [3.05, 3.63) is 102 Å². The zero-order chi connectivity index (χ0) is 31.2. The SMILES string of the molecule is CCCCCCCCCCOc1ccc(/C=C/C(=O)c2ccc(OC(=O)/C=C/c3ccc(OCCCCC)cc3)cc2)cc1. The molecule has 0 radical (unpaired) electrons. The predicted molar refractivity (Wildman–Crippen MR) is 180 cm³/mol. The second kappa shape index (κ2) is 20.7. The predicted octanol–water partition coefficient (Wildman–Crippen LogP) is 10.3. The van der Waals surface area contributed by atoms with E-state index in [-0.39, 0.29) is 5.78 Å². The average Bonchev–Trinajstić information content (AvgIpc) is 3.05. The summed E-state index contributed by atoms with van der Waals surface area (Å²) < 4.78 is 17.0. The molecule has 44 heavy (non-hydrogen) atoms. The number of benzene rings is 3. The maximum atomic E-state index is 12.7. The molecule has 0 saturated heterocycles. The van der Waals surface area contributed by atoms with Gasteiger partial charge in [0.25, 0.3) is 0 Å². The number of unbranched alkanes of at least 4 members (excludes halogenated alkanes) is 9. The Morgan fingerprint density at radius 2 is 0.955 bits per heavy atom. The zero-order valence-electron chi connectivity index (χ0n) is 26.5. The van der Waals surface area contributed by atoms with Crippen LogP contribution in [0.25, 0.3) is 12.2 Å². The lowest BCUT2D eigenvalue weighted by Crippen LogP contribution is -2.04. The molecule has 0 aliphatic heterocycles. The number of ketones is 1. The molecule has 0 fully saturated rings. The van der Waals surface area contributed by atoms with Crippen LogP contribution in [0.2, 0.25) is 0 Å². The molecular formula is C39H48O5. The van der Waals surface area contributed by atoms with Gasteiger partial charge in [-0.15, -0.1) is 0 Å². The Morgan fingerprint density at radius 3 is 1.50 bits per heavy atom. The molecule has 5 heteroatoms. The zero-order valence-corrected chi connectivity index (χ0v) is 26.5. The second-order valence-corrected chi connectivity index (χ2v) is 11.0. The molecule has 0 unspecified atom stereocenters. The first-order valence-corrected chi connectivity index (χ1v) is 16.3. The summed E-state index contributed by atoms with van der Waals surface area (Å²) >= 11 is 0. The number of rotatable bonds is 21. The van der Waals surface area contributed by atoms with E-state index in [9.17, 15) is 9.59 Å². The third-order valence-electron chi connectivity index (χ3n) is 7.24. The Balaban J connectivity index is 1.36. The molecule has 3 aromatic carbocycles. The van der Waals surface area contributed by atoms with Crippen molar-refractivity contribution < 1.29 is 23.8 Å². The van der Waals surface area contributed by atoms with Gasteiger partial charge in [0, 0.05) is 11.6 Å². The summed E-state index contributed by atoms with van der Waals surface area (Å²) in [6.07, 6.45) is 20.0. The third kappa shape index (κ3) is 13.9. The number of carbonyl (C=O) groups excluding carboxylic acids is 2. The van der Waals surface area contributed by atoms with E-state index >= 15 is 0 Å². The van der Waals surface area contributed by atoms with Gasteiger partial charge in [-0.05, 0) is 84.7 Å². The normalized spacial score (nSPS) is 11.2. The van der Waals surface area contributed by atoms with Crippen LogP contribution in [0.15, 0.2) is 84.9 Å². The smallest absolute Gasteiger partial charge is 0.336 e. The van der Waals surface area contributed by atoms with Crippen molar-refractivity contribution in [2.24, 2.45) is 0 Å². The van der Waals surface area contributed by atoms with Gasteiger partial charge in [0.15, 0.2) is 5.78 Å². The van der Waals surface area contributed by atoms with Crippen molar-refractivity contribution in [2.75, 3.05) is 13.2 Å². The van der Waals surface area contributed by atoms with E-state index in [0.29, 0.717) is 17.9 Å². The number of hydrogen-bond acceptors (Lipinski definition) is 5. The van der Waals surface area contributed by atoms with Crippen molar-refractivity contribution in [1.82, 2.24) is 0 Å². The van der Waals surface area contributed by atoms with E-state index in [1.54, 1.807) is 42.5 Å². The largest absolute Gasteiger partial charge is 0.494 e. The van der Waals surface area contributed by atoms with Crippen LogP contribution in [0.4, 0.5) is 0 Å². The fourth-order valence-electron chi connectivity index (χ4n) is 4.59. The molecule has 0 heterocycles. The Labute approximate surface area is 263 Å². The summed E-state index contributed by atoms with van der Waals surface area (Å²) in [6, 6.07) is 21.9. The molecule has 0 aliphatic carbocycles. The van der Waals surface area contributed by atoms with Crippen LogP contribution in [0.1, 0.15) is 106 Å². The van der Waals surface area contributed by atoms with Gasteiger partial charge in [0.2, 0.25) is 0 Å². The molecule has 0 aliphatic rings. The van der Waals surface area contributed by atoms with Crippen molar-refractivity contribution in [2.45, 2.75) is 84.5 Å². The van der Waals surface area contributed by atoms with Crippen molar-refractivity contribution in [3.63, 3.8) is 0 Å². The minimum absolute atomic E-state index is 0.129. The Hall–Kier alpha value is -4.12. The Bertz CT molecular complexity index is 1290. The summed E-state index contributed by atoms with van der Waals surface area (Å²) in [4.78, 5) is 24.9. The maximum Gasteiger partial charge on any atom is 0.336 e. The average molecular weight is 597 g/mol. The number of hydrogen-bond donors (Lipinski definition) is 0. The first kappa shape index (κ1) is 34.4. The van der Waals surface area contributed by atoms with Crippen molar-refractivity contribution in [3.8, 4) is 17.2 Å². The van der Waals surface area contributed by atoms with Crippen LogP contribution >= 0.6 is 0 Å². The van der Waals surface area contributed by atoms with Gasteiger partial charge < -0.3 is 14.2 Å². The summed E-state index contributed by atoms with van der Waals surface area (Å²) in [7, 11) is 0. The van der Waals surface area contributed by atoms with Gasteiger partial charge in [-0.2, -0.15) is 0 Å². The molecule has 0 saturated carbocycles. The fraction of sp³-hybridized carbons (Fsp3) is 0.385. The van der Waals surface area contributed by atoms with Gasteiger partial charge >= 0.3 is 5.97 Å². The lowest BCUT2D eigenvalue weighted by atomic mass is 10.1. The molecule has 0 bridgehead atoms. The molecule has 0 atom stereocenters. The first-order valence-electron chi connectivity index (χ1n) is 16.3. The number of esters is 1. The summed E-state index contributed by atoms with van der Waals surface area (Å²) in [5.74, 6) is 1.41. The number of carbonyl (C=O) groups is 2. The summed E-state index contributed by atoms with van der Waals surface area (Å²) in [6.45, 7) is 5.85. The molecule has 5 nitrogen and oxygen atoms in total. The molecule has 0 aromatic heterocycles. The lowest BCUT2D eigenvalue weighted by Gasteiger charge is -2.06. The van der Waals surface area contributed by atoms with Crippen LogP contribution in [0.3, 0.4) is 0 Å². The first-order chi connectivity index (χ1) is 21.6. The van der Waals surface area contributed by atoms with E-state index in [0.717, 1.165) is 54.9 Å². The van der Waals surface area contributed by atoms with Gasteiger partial charge in [0.1, 0.15) is 17.2 Å². The number of ether oxygens (including phenoxy) is 3. The van der Waals surface area contributed by atoms with E-state index in [4.69, 9.17) is 14.2 Å². The van der Waals surface area contributed by atoms with E-state index in [1.165, 1.54) is 51.0 Å². The molecule has 0 amide bonds. The van der Waals surface area contributed by atoms with Gasteiger partial charge in [-0.3, -0.25) is 4.79 Å². The quantitative estimate of drug-likeness (QED) is 0.0402. The van der Waals surface area contributed by atoms with Gasteiger partial charge in [0.05, 0.1) is 13.2 Å². The second-order valence-electron chi connectivity index (χ2n) is 11.0. The summed E-state index contributed by atoms with van der Waals surface area (Å²) in [5, 5.41) is 0. The minimum atomic E-state index is -0.492. The lowest BCUT2D eigenvalue weighted by molar-refractivity contribution is -0.128. The minimum Gasteiger partial charge on any atom is -0.494 e. The molecule has 3 rings (SSSR count). The third-order valence-corrected chi connectivity index (χ3v) is 7.24. The fourth-order valence-corrected chi connectivity index (χ4v) is 4.59. The van der Waals surface area contributed by atoms with Crippen molar-refractivity contribution >= 4 is 23.9 Å². The molecular weight excluding hydrogens is 548 g/mol. The van der Waals surface area contributed by atoms with E-state index < -0.39 is 5.97 Å². The van der Waals surface area contributed by atoms with E-state index in [2.05, 4.69) is 13.8 Å². The standard InChI is InChI=1S/C39H48O5/c1-3-5-7-8-9-10-11-13-31-43-36-22-14-32(15-23-36)18-28-38(40)34-20-26-37(27-21-34)44-39(41)29-19-33-16-24-35(25-17-33)42-30-12-6-4-2/h14-29H,3-13,30-31H2,1-2H3/b28-18+,29-19+. The van der Waals surface area contributed by atoms with Crippen LogP contribution in [0.5, 0.6) is 17.2 Å². The highest BCUT2D eigenvalue weighted by molar-refractivity contribution is 6.06. The monoisotopic (exact) mass is 596 g/mol. The molecule has 3 aromatic rings. The molecule has 234 valence electrons. The van der Waals surface area contributed by atoms with Crippen LogP contribution in [0, 0.1) is 0 Å². The highest BCUT2D eigenvalue weighted by Crippen LogP contribution is 2.18. The van der Waals surface area contributed by atoms with Crippen LogP contribution < -0.4 is 14.2 Å². The summed E-state index contributed by atoms with van der Waals surface area (Å²) in [5.41, 5.74) is 2.31. The Kier molecular flexibility index (Phi) is 16.2. The topological polar surface area (TPSA) is 61.8 Å². The van der Waals surface area contributed by atoms with Gasteiger partial charge in [-0.1, -0.05) is 102 Å². The van der Waals surface area contributed by atoms with Crippen molar-refractivity contribution in [1.29, 1.82) is 0 Å².